The first-order valence-electron chi connectivity index (χ1n) is 4.84. The Labute approximate surface area is 96.2 Å². The van der Waals surface area contributed by atoms with Crippen LogP contribution in [0, 0.1) is 5.82 Å². The molecule has 6 nitrogen and oxygen atoms in total. The minimum Gasteiger partial charge on any atom is -0.397 e. The lowest BCUT2D eigenvalue weighted by Crippen LogP contribution is -2.19. The third kappa shape index (κ3) is 2.77. The summed E-state index contributed by atoms with van der Waals surface area (Å²) < 4.78 is 14.3. The number of nitrogens with two attached hydrogens (primary N) is 1. The fraction of sp³-hybridized carbons (Fsp3) is 0.100. The Balaban J connectivity index is 2.05. The van der Waals surface area contributed by atoms with E-state index in [0.29, 0.717) is 5.69 Å². The maximum Gasteiger partial charge on any atom is 0.246 e. The zero-order valence-corrected chi connectivity index (χ0v) is 8.80. The van der Waals surface area contributed by atoms with Gasteiger partial charge in [-0.05, 0) is 18.2 Å². The molecule has 2 rings (SSSR count). The number of aromatic nitrogens is 3. The zero-order valence-electron chi connectivity index (χ0n) is 8.80. The number of rotatable bonds is 3. The topological polar surface area (TPSA) is 85.8 Å². The average Bonchev–Trinajstić information content (AvgIpc) is 2.76. The van der Waals surface area contributed by atoms with E-state index in [1.54, 1.807) is 6.20 Å². The number of halogens is 1. The van der Waals surface area contributed by atoms with Gasteiger partial charge in [0.25, 0.3) is 0 Å². The van der Waals surface area contributed by atoms with Gasteiger partial charge in [0, 0.05) is 6.20 Å². The summed E-state index contributed by atoms with van der Waals surface area (Å²) in [5.74, 6) is -0.817. The molecule has 0 aliphatic heterocycles. The standard InChI is InChI=1S/C10H10FN5O/c11-7-1-2-8(12)9(5-7)14-10(17)6-16-4-3-13-15-16/h1-5H,6,12H2,(H,14,17). The van der Waals surface area contributed by atoms with Gasteiger partial charge in [0.2, 0.25) is 5.91 Å². The molecule has 2 aromatic rings. The highest BCUT2D eigenvalue weighted by molar-refractivity contribution is 5.93. The number of benzene rings is 1. The molecule has 0 unspecified atom stereocenters. The second-order valence-corrected chi connectivity index (χ2v) is 3.38. The molecule has 1 amide bonds. The number of carbonyl (C=O) groups excluding carboxylic acids is 1. The number of nitrogens with zero attached hydrogens (tertiary/aromatic N) is 3. The lowest BCUT2D eigenvalue weighted by molar-refractivity contribution is -0.116. The van der Waals surface area contributed by atoms with Crippen LogP contribution in [0.3, 0.4) is 0 Å². The molecule has 1 heterocycles. The van der Waals surface area contributed by atoms with Crippen LogP contribution in [0.5, 0.6) is 0 Å². The molecule has 1 aromatic carbocycles. The van der Waals surface area contributed by atoms with Gasteiger partial charge >= 0.3 is 0 Å². The van der Waals surface area contributed by atoms with Gasteiger partial charge in [0.1, 0.15) is 12.4 Å². The first-order chi connectivity index (χ1) is 8.15. The molecular formula is C10H10FN5O. The molecule has 0 fully saturated rings. The number of hydrogen-bond donors (Lipinski definition) is 2. The lowest BCUT2D eigenvalue weighted by atomic mass is 10.2. The van der Waals surface area contributed by atoms with E-state index in [9.17, 15) is 9.18 Å². The Hall–Kier alpha value is -2.44. The molecule has 3 N–H and O–H groups in total. The van der Waals surface area contributed by atoms with Crippen molar-refractivity contribution in [2.45, 2.75) is 6.54 Å². The summed E-state index contributed by atoms with van der Waals surface area (Å²) in [6, 6.07) is 3.78. The molecule has 0 aliphatic carbocycles. The van der Waals surface area contributed by atoms with Crippen LogP contribution in [0.25, 0.3) is 0 Å². The fourth-order valence-corrected chi connectivity index (χ4v) is 1.29. The van der Waals surface area contributed by atoms with E-state index in [1.807, 2.05) is 0 Å². The molecular weight excluding hydrogens is 225 g/mol. The lowest BCUT2D eigenvalue weighted by Gasteiger charge is -2.07. The quantitative estimate of drug-likeness (QED) is 0.764. The minimum absolute atomic E-state index is 0.00401. The first-order valence-corrected chi connectivity index (χ1v) is 4.84. The Kier molecular flexibility index (Phi) is 2.99. The molecule has 7 heteroatoms. The number of nitrogens with one attached hydrogen (secondary N) is 1. The number of anilines is 2. The summed E-state index contributed by atoms with van der Waals surface area (Å²) in [6.45, 7) is -0.00401. The van der Waals surface area contributed by atoms with Crippen LogP contribution in [-0.4, -0.2) is 20.9 Å². The van der Waals surface area contributed by atoms with Gasteiger partial charge in [-0.15, -0.1) is 5.10 Å². The van der Waals surface area contributed by atoms with E-state index in [-0.39, 0.29) is 18.1 Å². The van der Waals surface area contributed by atoms with Gasteiger partial charge in [-0.25, -0.2) is 9.07 Å². The van der Waals surface area contributed by atoms with Crippen LogP contribution in [0.4, 0.5) is 15.8 Å². The number of amides is 1. The van der Waals surface area contributed by atoms with E-state index >= 15 is 0 Å². The molecule has 0 saturated carbocycles. The Morgan fingerprint density at radius 2 is 2.35 bits per heavy atom. The SMILES string of the molecule is Nc1ccc(F)cc1NC(=O)Cn1ccnn1. The molecule has 0 radical (unpaired) electrons. The maximum absolute atomic E-state index is 12.9. The van der Waals surface area contributed by atoms with Gasteiger partial charge in [0.05, 0.1) is 17.6 Å². The average molecular weight is 235 g/mol. The van der Waals surface area contributed by atoms with E-state index in [4.69, 9.17) is 5.73 Å². The van der Waals surface area contributed by atoms with Crippen molar-refractivity contribution in [2.75, 3.05) is 11.1 Å². The summed E-state index contributed by atoms with van der Waals surface area (Å²) in [6.07, 6.45) is 3.01. The van der Waals surface area contributed by atoms with Crippen molar-refractivity contribution >= 4 is 17.3 Å². The highest BCUT2D eigenvalue weighted by Crippen LogP contribution is 2.18. The van der Waals surface area contributed by atoms with Crippen molar-refractivity contribution in [3.8, 4) is 0 Å². The van der Waals surface area contributed by atoms with Gasteiger partial charge in [-0.1, -0.05) is 5.21 Å². The maximum atomic E-state index is 12.9. The predicted molar refractivity (Wildman–Crippen MR) is 59.5 cm³/mol. The van der Waals surface area contributed by atoms with Crippen molar-refractivity contribution in [3.05, 3.63) is 36.4 Å². The van der Waals surface area contributed by atoms with Crippen LogP contribution in [0.15, 0.2) is 30.6 Å². The van der Waals surface area contributed by atoms with Crippen LogP contribution in [0.1, 0.15) is 0 Å². The third-order valence-electron chi connectivity index (χ3n) is 2.07. The van der Waals surface area contributed by atoms with Gasteiger partial charge < -0.3 is 11.1 Å². The van der Waals surface area contributed by atoms with Crippen LogP contribution in [-0.2, 0) is 11.3 Å². The van der Waals surface area contributed by atoms with Crippen molar-refractivity contribution in [3.63, 3.8) is 0 Å². The van der Waals surface area contributed by atoms with Crippen molar-refractivity contribution < 1.29 is 9.18 Å². The Morgan fingerprint density at radius 1 is 1.53 bits per heavy atom. The number of carbonyl (C=O) groups is 1. The number of hydrogen-bond acceptors (Lipinski definition) is 4. The largest absolute Gasteiger partial charge is 0.397 e. The second kappa shape index (κ2) is 4.60. The molecule has 0 bridgehead atoms. The normalized spacial score (nSPS) is 10.2. The minimum atomic E-state index is -0.463. The summed E-state index contributed by atoms with van der Waals surface area (Å²) >= 11 is 0. The highest BCUT2D eigenvalue weighted by atomic mass is 19.1. The molecule has 0 aliphatic rings. The fourth-order valence-electron chi connectivity index (χ4n) is 1.29. The van der Waals surface area contributed by atoms with Crippen molar-refractivity contribution in [2.24, 2.45) is 0 Å². The van der Waals surface area contributed by atoms with E-state index in [2.05, 4.69) is 15.6 Å². The van der Waals surface area contributed by atoms with Crippen molar-refractivity contribution in [1.29, 1.82) is 0 Å². The molecule has 1 aromatic heterocycles. The second-order valence-electron chi connectivity index (χ2n) is 3.38. The van der Waals surface area contributed by atoms with E-state index in [0.717, 1.165) is 6.07 Å². The summed E-state index contributed by atoms with van der Waals surface area (Å²) in [7, 11) is 0. The van der Waals surface area contributed by atoms with Gasteiger partial charge in [-0.3, -0.25) is 4.79 Å². The summed E-state index contributed by atoms with van der Waals surface area (Å²) in [5.41, 5.74) is 6.14. The van der Waals surface area contributed by atoms with Crippen LogP contribution in [0.2, 0.25) is 0 Å². The first kappa shape index (κ1) is 11.1. The Bertz CT molecular complexity index is 525. The van der Waals surface area contributed by atoms with Crippen LogP contribution >= 0.6 is 0 Å². The summed E-state index contributed by atoms with van der Waals surface area (Å²) in [5, 5.41) is 9.70. The predicted octanol–water partition coefficient (Wildman–Crippen LogP) is 0.638. The molecule has 88 valence electrons. The zero-order chi connectivity index (χ0) is 12.3. The van der Waals surface area contributed by atoms with Gasteiger partial charge in [0.15, 0.2) is 0 Å². The summed E-state index contributed by atoms with van der Waals surface area (Å²) in [4.78, 5) is 11.6. The highest BCUT2D eigenvalue weighted by Gasteiger charge is 2.07. The van der Waals surface area contributed by atoms with E-state index < -0.39 is 5.82 Å². The third-order valence-corrected chi connectivity index (χ3v) is 2.07. The number of nitrogen functional groups attached to an aromatic ring is 1. The molecule has 0 atom stereocenters. The molecule has 0 saturated heterocycles. The van der Waals surface area contributed by atoms with Crippen LogP contribution < -0.4 is 11.1 Å². The van der Waals surface area contributed by atoms with E-state index in [1.165, 1.54) is 23.0 Å². The van der Waals surface area contributed by atoms with Crippen molar-refractivity contribution in [1.82, 2.24) is 15.0 Å². The smallest absolute Gasteiger partial charge is 0.246 e. The molecule has 17 heavy (non-hydrogen) atoms. The van der Waals surface area contributed by atoms with Gasteiger partial charge in [-0.2, -0.15) is 0 Å². The molecule has 0 spiro atoms. The Morgan fingerprint density at radius 3 is 3.06 bits per heavy atom. The monoisotopic (exact) mass is 235 g/mol.